The van der Waals surface area contributed by atoms with E-state index in [0.29, 0.717) is 24.2 Å². The van der Waals surface area contributed by atoms with Crippen molar-refractivity contribution >= 4 is 17.3 Å². The lowest BCUT2D eigenvalue weighted by Gasteiger charge is -2.15. The summed E-state index contributed by atoms with van der Waals surface area (Å²) in [6.07, 6.45) is 1.49. The van der Waals surface area contributed by atoms with Crippen molar-refractivity contribution in [3.05, 3.63) is 33.9 Å². The molecule has 0 aromatic heterocycles. The number of anilines is 1. The lowest BCUT2D eigenvalue weighted by Crippen LogP contribution is -2.19. The summed E-state index contributed by atoms with van der Waals surface area (Å²) in [5, 5.41) is 25.5. The van der Waals surface area contributed by atoms with Gasteiger partial charge in [-0.1, -0.05) is 13.3 Å². The van der Waals surface area contributed by atoms with E-state index in [9.17, 15) is 14.9 Å². The van der Waals surface area contributed by atoms with Gasteiger partial charge in [-0.2, -0.15) is 0 Å². The van der Waals surface area contributed by atoms with Crippen LogP contribution in [-0.2, 0) is 0 Å². The summed E-state index contributed by atoms with van der Waals surface area (Å²) in [5.74, 6) is -0.0754. The Hall–Kier alpha value is -2.15. The first kappa shape index (κ1) is 16.9. The van der Waals surface area contributed by atoms with E-state index in [1.165, 1.54) is 25.2 Å². The number of nitrogens with zero attached hydrogens (tertiary/aromatic N) is 1. The molecule has 116 valence electrons. The molecule has 1 atom stereocenters. The minimum absolute atomic E-state index is 0.0681. The first-order valence-corrected chi connectivity index (χ1v) is 6.88. The van der Waals surface area contributed by atoms with Crippen LogP contribution >= 0.6 is 0 Å². The molecule has 0 spiro atoms. The number of nitrogens with one attached hydrogen (secondary N) is 2. The Bertz CT molecular complexity index is 505. The Labute approximate surface area is 123 Å². The maximum atomic E-state index is 11.6. The molecule has 0 saturated heterocycles. The summed E-state index contributed by atoms with van der Waals surface area (Å²) in [6, 6.07) is 4.22. The van der Waals surface area contributed by atoms with Crippen molar-refractivity contribution in [2.24, 2.45) is 5.92 Å². The molecule has 1 aromatic rings. The van der Waals surface area contributed by atoms with Gasteiger partial charge in [0.25, 0.3) is 11.6 Å². The average Bonchev–Trinajstić information content (AvgIpc) is 2.50. The van der Waals surface area contributed by atoms with Crippen LogP contribution in [0.3, 0.4) is 0 Å². The molecule has 7 heteroatoms. The van der Waals surface area contributed by atoms with Gasteiger partial charge in [-0.3, -0.25) is 14.9 Å². The molecule has 1 amide bonds. The second kappa shape index (κ2) is 8.21. The number of aliphatic hydroxyl groups is 1. The summed E-state index contributed by atoms with van der Waals surface area (Å²) >= 11 is 0. The van der Waals surface area contributed by atoms with Crippen molar-refractivity contribution in [2.45, 2.75) is 19.8 Å². The zero-order valence-corrected chi connectivity index (χ0v) is 12.3. The smallest absolute Gasteiger partial charge is 0.292 e. The lowest BCUT2D eigenvalue weighted by molar-refractivity contribution is -0.384. The molecule has 0 radical (unpaired) electrons. The topological polar surface area (TPSA) is 104 Å². The second-order valence-corrected chi connectivity index (χ2v) is 4.74. The Morgan fingerprint density at radius 2 is 2.19 bits per heavy atom. The zero-order chi connectivity index (χ0) is 15.8. The number of hydrogen-bond acceptors (Lipinski definition) is 5. The van der Waals surface area contributed by atoms with Crippen LogP contribution in [0.4, 0.5) is 11.4 Å². The third-order valence-electron chi connectivity index (χ3n) is 3.38. The fourth-order valence-corrected chi connectivity index (χ4v) is 2.01. The highest BCUT2D eigenvalue weighted by Gasteiger charge is 2.17. The highest BCUT2D eigenvalue weighted by Crippen LogP contribution is 2.26. The maximum absolute atomic E-state index is 11.6. The van der Waals surface area contributed by atoms with Crippen LogP contribution in [-0.4, -0.2) is 36.1 Å². The van der Waals surface area contributed by atoms with E-state index in [-0.39, 0.29) is 24.1 Å². The van der Waals surface area contributed by atoms with Crippen LogP contribution in [0.2, 0.25) is 0 Å². The SMILES string of the molecule is CCC(CCO)CNc1cc(C(=O)NC)ccc1[N+](=O)[O-]. The minimum atomic E-state index is -0.483. The van der Waals surface area contributed by atoms with Gasteiger partial charge in [-0.25, -0.2) is 0 Å². The van der Waals surface area contributed by atoms with Crippen LogP contribution < -0.4 is 10.6 Å². The van der Waals surface area contributed by atoms with Gasteiger partial charge >= 0.3 is 0 Å². The molecule has 7 nitrogen and oxygen atoms in total. The number of carbonyl (C=O) groups is 1. The highest BCUT2D eigenvalue weighted by atomic mass is 16.6. The fraction of sp³-hybridized carbons (Fsp3) is 0.500. The summed E-state index contributed by atoms with van der Waals surface area (Å²) in [7, 11) is 1.51. The maximum Gasteiger partial charge on any atom is 0.292 e. The molecule has 0 aliphatic heterocycles. The molecule has 21 heavy (non-hydrogen) atoms. The van der Waals surface area contributed by atoms with Gasteiger partial charge in [-0.15, -0.1) is 0 Å². The van der Waals surface area contributed by atoms with E-state index in [1.54, 1.807) is 0 Å². The number of carbonyl (C=O) groups excluding carboxylic acids is 1. The number of benzene rings is 1. The Balaban J connectivity index is 2.95. The fourth-order valence-electron chi connectivity index (χ4n) is 2.01. The number of rotatable bonds is 8. The number of nitro groups is 1. The molecule has 0 saturated carbocycles. The zero-order valence-electron chi connectivity index (χ0n) is 12.3. The molecule has 0 heterocycles. The van der Waals surface area contributed by atoms with Crippen molar-refractivity contribution in [1.29, 1.82) is 0 Å². The van der Waals surface area contributed by atoms with Gasteiger partial charge in [0.1, 0.15) is 5.69 Å². The molecule has 1 unspecified atom stereocenters. The van der Waals surface area contributed by atoms with E-state index in [4.69, 9.17) is 5.11 Å². The average molecular weight is 295 g/mol. The predicted molar refractivity (Wildman–Crippen MR) is 80.5 cm³/mol. The normalized spacial score (nSPS) is 11.8. The first-order valence-electron chi connectivity index (χ1n) is 6.88. The molecule has 0 bridgehead atoms. The van der Waals surface area contributed by atoms with Gasteiger partial charge in [0.05, 0.1) is 4.92 Å². The first-order chi connectivity index (χ1) is 10.0. The minimum Gasteiger partial charge on any atom is -0.396 e. The van der Waals surface area contributed by atoms with Crippen molar-refractivity contribution in [3.8, 4) is 0 Å². The second-order valence-electron chi connectivity index (χ2n) is 4.74. The Morgan fingerprint density at radius 3 is 2.71 bits per heavy atom. The standard InChI is InChI=1S/C14H21N3O4/c1-3-10(6-7-18)9-16-12-8-11(14(19)15-2)4-5-13(12)17(20)21/h4-5,8,10,16,18H,3,6-7,9H2,1-2H3,(H,15,19). The number of aliphatic hydroxyl groups excluding tert-OH is 1. The molecule has 0 aliphatic carbocycles. The van der Waals surface area contributed by atoms with E-state index < -0.39 is 4.92 Å². The largest absolute Gasteiger partial charge is 0.396 e. The molecule has 0 fully saturated rings. The van der Waals surface area contributed by atoms with E-state index in [1.807, 2.05) is 6.92 Å². The molecule has 3 N–H and O–H groups in total. The van der Waals surface area contributed by atoms with Crippen LogP contribution in [0.15, 0.2) is 18.2 Å². The monoisotopic (exact) mass is 295 g/mol. The van der Waals surface area contributed by atoms with E-state index in [2.05, 4.69) is 10.6 Å². The number of amides is 1. The summed E-state index contributed by atoms with van der Waals surface area (Å²) < 4.78 is 0. The van der Waals surface area contributed by atoms with Gasteiger partial charge in [0.2, 0.25) is 0 Å². The van der Waals surface area contributed by atoms with E-state index in [0.717, 1.165) is 6.42 Å². The molecule has 1 aromatic carbocycles. The molecule has 1 rings (SSSR count). The number of nitro benzene ring substituents is 1. The van der Waals surface area contributed by atoms with Crippen molar-refractivity contribution in [3.63, 3.8) is 0 Å². The molecular formula is C14H21N3O4. The van der Waals surface area contributed by atoms with Crippen molar-refractivity contribution < 1.29 is 14.8 Å². The van der Waals surface area contributed by atoms with Crippen molar-refractivity contribution in [1.82, 2.24) is 5.32 Å². The van der Waals surface area contributed by atoms with Gasteiger partial charge < -0.3 is 15.7 Å². The summed E-state index contributed by atoms with van der Waals surface area (Å²) in [6.45, 7) is 2.59. The highest BCUT2D eigenvalue weighted by molar-refractivity contribution is 5.95. The van der Waals surface area contributed by atoms with Crippen LogP contribution in [0.5, 0.6) is 0 Å². The van der Waals surface area contributed by atoms with E-state index >= 15 is 0 Å². The van der Waals surface area contributed by atoms with Crippen LogP contribution in [0.1, 0.15) is 30.1 Å². The Kier molecular flexibility index (Phi) is 6.61. The Morgan fingerprint density at radius 1 is 1.48 bits per heavy atom. The lowest BCUT2D eigenvalue weighted by atomic mass is 10.0. The van der Waals surface area contributed by atoms with Crippen LogP contribution in [0.25, 0.3) is 0 Å². The van der Waals surface area contributed by atoms with Gasteiger partial charge in [-0.05, 0) is 24.5 Å². The third-order valence-corrected chi connectivity index (χ3v) is 3.38. The molecule has 0 aliphatic rings. The van der Waals surface area contributed by atoms with Crippen molar-refractivity contribution in [2.75, 3.05) is 25.5 Å². The van der Waals surface area contributed by atoms with Crippen LogP contribution in [0, 0.1) is 16.0 Å². The number of hydrogen-bond donors (Lipinski definition) is 3. The van der Waals surface area contributed by atoms with Gasteiger partial charge in [0.15, 0.2) is 0 Å². The predicted octanol–water partition coefficient (Wildman–Crippen LogP) is 1.77. The summed E-state index contributed by atoms with van der Waals surface area (Å²) in [5.41, 5.74) is 0.611. The molecular weight excluding hydrogens is 274 g/mol. The van der Waals surface area contributed by atoms with Gasteiger partial charge in [0, 0.05) is 31.8 Å². The third kappa shape index (κ3) is 4.71. The summed E-state index contributed by atoms with van der Waals surface area (Å²) in [4.78, 5) is 22.2. The quantitative estimate of drug-likeness (QED) is 0.501.